The Kier molecular flexibility index (Phi) is 2.71. The molecule has 2 heterocycles. The predicted molar refractivity (Wildman–Crippen MR) is 73.6 cm³/mol. The van der Waals surface area contributed by atoms with E-state index in [1.165, 1.54) is 0 Å². The zero-order valence-corrected chi connectivity index (χ0v) is 10.7. The number of nitrogen functional groups attached to an aromatic ring is 1. The SMILES string of the molecule is CCSc1nn2nc(-c3ccccc3)[nH]c2c1N. The number of hydrogen-bond acceptors (Lipinski definition) is 4. The zero-order chi connectivity index (χ0) is 12.5. The van der Waals surface area contributed by atoms with Crippen LogP contribution in [0.4, 0.5) is 5.69 Å². The predicted octanol–water partition coefficient (Wildman–Crippen LogP) is 2.42. The van der Waals surface area contributed by atoms with Crippen molar-refractivity contribution in [1.29, 1.82) is 0 Å². The molecular formula is C12H13N5S. The van der Waals surface area contributed by atoms with Gasteiger partial charge in [0.25, 0.3) is 0 Å². The molecule has 0 aliphatic carbocycles. The first-order valence-electron chi connectivity index (χ1n) is 5.72. The van der Waals surface area contributed by atoms with E-state index in [0.29, 0.717) is 5.69 Å². The number of hydrogen-bond donors (Lipinski definition) is 2. The Hall–Kier alpha value is -1.95. The lowest BCUT2D eigenvalue weighted by Gasteiger charge is -1.95. The maximum atomic E-state index is 6.04. The van der Waals surface area contributed by atoms with Crippen molar-refractivity contribution in [1.82, 2.24) is 19.8 Å². The standard InChI is InChI=1S/C12H13N5S/c1-2-18-12-9(13)11-14-10(15-17(11)16-12)8-6-4-3-5-7-8/h3-7H,2,13H2,1H3,(H,14,15). The summed E-state index contributed by atoms with van der Waals surface area (Å²) in [6.07, 6.45) is 0. The average molecular weight is 259 g/mol. The van der Waals surface area contributed by atoms with Gasteiger partial charge in [0, 0.05) is 5.56 Å². The number of thioether (sulfide) groups is 1. The molecule has 0 aliphatic heterocycles. The largest absolute Gasteiger partial charge is 0.393 e. The Balaban J connectivity index is 2.08. The number of rotatable bonds is 3. The Morgan fingerprint density at radius 1 is 1.28 bits per heavy atom. The normalized spacial score (nSPS) is 11.2. The maximum absolute atomic E-state index is 6.04. The Bertz CT molecular complexity index is 670. The highest BCUT2D eigenvalue weighted by Gasteiger charge is 2.14. The molecule has 0 aliphatic rings. The molecule has 92 valence electrons. The van der Waals surface area contributed by atoms with Gasteiger partial charge in [-0.3, -0.25) is 0 Å². The van der Waals surface area contributed by atoms with Crippen LogP contribution in [-0.4, -0.2) is 25.6 Å². The Morgan fingerprint density at radius 3 is 2.72 bits per heavy atom. The molecule has 0 fully saturated rings. The molecule has 2 aromatic heterocycles. The van der Waals surface area contributed by atoms with Crippen LogP contribution >= 0.6 is 11.8 Å². The molecule has 0 atom stereocenters. The van der Waals surface area contributed by atoms with Crippen LogP contribution in [0.5, 0.6) is 0 Å². The summed E-state index contributed by atoms with van der Waals surface area (Å²) >= 11 is 1.62. The number of fused-ring (bicyclic) bond motifs is 1. The summed E-state index contributed by atoms with van der Waals surface area (Å²) in [7, 11) is 0. The maximum Gasteiger partial charge on any atom is 0.180 e. The fraction of sp³-hybridized carbons (Fsp3) is 0.167. The van der Waals surface area contributed by atoms with E-state index in [9.17, 15) is 0 Å². The molecular weight excluding hydrogens is 246 g/mol. The van der Waals surface area contributed by atoms with Gasteiger partial charge in [-0.15, -0.1) is 26.6 Å². The van der Waals surface area contributed by atoms with Gasteiger partial charge in [0.05, 0.1) is 0 Å². The molecule has 3 aromatic rings. The summed E-state index contributed by atoms with van der Waals surface area (Å²) < 4.78 is 1.57. The molecule has 0 bridgehead atoms. The van der Waals surface area contributed by atoms with Crippen LogP contribution in [0, 0.1) is 0 Å². The average Bonchev–Trinajstić information content (AvgIpc) is 2.93. The van der Waals surface area contributed by atoms with Gasteiger partial charge in [0.2, 0.25) is 0 Å². The highest BCUT2D eigenvalue weighted by molar-refractivity contribution is 7.99. The second kappa shape index (κ2) is 4.38. The second-order valence-corrected chi connectivity index (χ2v) is 5.08. The van der Waals surface area contributed by atoms with Crippen LogP contribution in [0.2, 0.25) is 0 Å². The van der Waals surface area contributed by atoms with Crippen LogP contribution in [0.3, 0.4) is 0 Å². The van der Waals surface area contributed by atoms with Gasteiger partial charge in [0.15, 0.2) is 11.5 Å². The molecule has 6 heteroatoms. The van der Waals surface area contributed by atoms with Gasteiger partial charge in [0.1, 0.15) is 10.7 Å². The van der Waals surface area contributed by atoms with Crippen molar-refractivity contribution < 1.29 is 0 Å². The quantitative estimate of drug-likeness (QED) is 0.708. The Morgan fingerprint density at radius 2 is 2.06 bits per heavy atom. The molecule has 0 spiro atoms. The van der Waals surface area contributed by atoms with Gasteiger partial charge in [-0.05, 0) is 5.75 Å². The molecule has 18 heavy (non-hydrogen) atoms. The molecule has 3 rings (SSSR count). The molecule has 1 aromatic carbocycles. The van der Waals surface area contributed by atoms with E-state index >= 15 is 0 Å². The summed E-state index contributed by atoms with van der Waals surface area (Å²) in [4.78, 5) is 3.21. The summed E-state index contributed by atoms with van der Waals surface area (Å²) in [5.41, 5.74) is 8.48. The number of H-pyrrole nitrogens is 1. The third kappa shape index (κ3) is 1.74. The van der Waals surface area contributed by atoms with Crippen LogP contribution in [0.15, 0.2) is 35.4 Å². The van der Waals surface area contributed by atoms with E-state index in [0.717, 1.165) is 27.8 Å². The third-order valence-corrected chi connectivity index (χ3v) is 3.49. The number of aromatic amines is 1. The Labute approximate surface area is 108 Å². The lowest BCUT2D eigenvalue weighted by molar-refractivity contribution is 0.789. The molecule has 0 saturated carbocycles. The number of nitrogens with zero attached hydrogens (tertiary/aromatic N) is 3. The van der Waals surface area contributed by atoms with Crippen molar-refractivity contribution in [3.05, 3.63) is 30.3 Å². The molecule has 0 saturated heterocycles. The lowest BCUT2D eigenvalue weighted by Crippen LogP contribution is -1.88. The first kappa shape index (κ1) is 11.2. The third-order valence-electron chi connectivity index (χ3n) is 2.63. The number of benzene rings is 1. The number of nitrogens with two attached hydrogens (primary N) is 1. The van der Waals surface area contributed by atoms with E-state index in [1.807, 2.05) is 30.3 Å². The fourth-order valence-corrected chi connectivity index (χ4v) is 2.45. The van der Waals surface area contributed by atoms with Crippen LogP contribution in [0.1, 0.15) is 6.92 Å². The summed E-state index contributed by atoms with van der Waals surface area (Å²) in [5, 5.41) is 9.59. The fourth-order valence-electron chi connectivity index (χ4n) is 1.79. The highest BCUT2D eigenvalue weighted by Crippen LogP contribution is 2.27. The van der Waals surface area contributed by atoms with Gasteiger partial charge < -0.3 is 10.7 Å². The minimum absolute atomic E-state index is 0.663. The second-order valence-electron chi connectivity index (χ2n) is 3.83. The monoisotopic (exact) mass is 259 g/mol. The number of anilines is 1. The molecule has 0 radical (unpaired) electrons. The van der Waals surface area contributed by atoms with E-state index in [4.69, 9.17) is 5.73 Å². The van der Waals surface area contributed by atoms with Crippen LogP contribution < -0.4 is 5.73 Å². The minimum Gasteiger partial charge on any atom is -0.393 e. The first-order chi connectivity index (χ1) is 8.79. The van der Waals surface area contributed by atoms with Crippen molar-refractivity contribution in [2.75, 3.05) is 11.5 Å². The van der Waals surface area contributed by atoms with E-state index in [1.54, 1.807) is 16.4 Å². The van der Waals surface area contributed by atoms with Crippen molar-refractivity contribution in [3.63, 3.8) is 0 Å². The minimum atomic E-state index is 0.663. The van der Waals surface area contributed by atoms with Crippen molar-refractivity contribution in [3.8, 4) is 11.4 Å². The number of nitrogens with one attached hydrogen (secondary N) is 1. The smallest absolute Gasteiger partial charge is 0.180 e. The highest BCUT2D eigenvalue weighted by atomic mass is 32.2. The zero-order valence-electron chi connectivity index (χ0n) is 9.92. The van der Waals surface area contributed by atoms with Gasteiger partial charge in [-0.25, -0.2) is 0 Å². The molecule has 0 amide bonds. The summed E-state index contributed by atoms with van der Waals surface area (Å²) in [5.74, 6) is 1.72. The van der Waals surface area contributed by atoms with Crippen LogP contribution in [-0.2, 0) is 0 Å². The van der Waals surface area contributed by atoms with Gasteiger partial charge >= 0.3 is 0 Å². The number of aromatic nitrogens is 4. The molecule has 5 nitrogen and oxygen atoms in total. The van der Waals surface area contributed by atoms with Crippen molar-refractivity contribution in [2.45, 2.75) is 11.9 Å². The van der Waals surface area contributed by atoms with Crippen molar-refractivity contribution in [2.24, 2.45) is 0 Å². The first-order valence-corrected chi connectivity index (χ1v) is 6.71. The van der Waals surface area contributed by atoms with Gasteiger partial charge in [-0.2, -0.15) is 0 Å². The topological polar surface area (TPSA) is 72.0 Å². The summed E-state index contributed by atoms with van der Waals surface area (Å²) in [6.45, 7) is 2.07. The van der Waals surface area contributed by atoms with Crippen LogP contribution in [0.25, 0.3) is 17.0 Å². The molecule has 0 unspecified atom stereocenters. The van der Waals surface area contributed by atoms with Crippen molar-refractivity contribution >= 4 is 23.1 Å². The summed E-state index contributed by atoms with van der Waals surface area (Å²) in [6, 6.07) is 9.92. The van der Waals surface area contributed by atoms with E-state index in [2.05, 4.69) is 22.1 Å². The molecule has 3 N–H and O–H groups in total. The van der Waals surface area contributed by atoms with Gasteiger partial charge in [-0.1, -0.05) is 37.3 Å². The lowest BCUT2D eigenvalue weighted by atomic mass is 10.2. The van der Waals surface area contributed by atoms with E-state index in [-0.39, 0.29) is 0 Å². The van der Waals surface area contributed by atoms with E-state index < -0.39 is 0 Å².